The van der Waals surface area contributed by atoms with Gasteiger partial charge < -0.3 is 14.8 Å². The molecule has 1 aromatic carbocycles. The number of nitrogens with one attached hydrogen (secondary N) is 1. The first-order valence-corrected chi connectivity index (χ1v) is 11.4. The summed E-state index contributed by atoms with van der Waals surface area (Å²) in [6.45, 7) is 2.05. The molecule has 0 atom stereocenters. The number of aryl methyl sites for hydroxylation is 1. The van der Waals surface area contributed by atoms with Crippen molar-refractivity contribution in [2.24, 2.45) is 7.05 Å². The molecule has 10 heteroatoms. The van der Waals surface area contributed by atoms with Gasteiger partial charge in [0, 0.05) is 45.6 Å². The molecule has 2 aromatic rings. The second kappa shape index (κ2) is 8.32. The number of nitrogens with zero attached hydrogens (tertiary/aromatic N) is 4. The summed E-state index contributed by atoms with van der Waals surface area (Å²) in [5, 5.41) is 3.75. The molecule has 0 bridgehead atoms. The fourth-order valence-corrected chi connectivity index (χ4v) is 4.48. The lowest BCUT2D eigenvalue weighted by Gasteiger charge is -2.35. The summed E-state index contributed by atoms with van der Waals surface area (Å²) >= 11 is 1.38. The Hall–Kier alpha value is -2.04. The molecule has 3 rings (SSSR count). The molecule has 8 nitrogen and oxygen atoms in total. The van der Waals surface area contributed by atoms with Crippen LogP contribution in [-0.2, 0) is 21.9 Å². The van der Waals surface area contributed by atoms with Crippen molar-refractivity contribution in [3.63, 3.8) is 0 Å². The van der Waals surface area contributed by atoms with Gasteiger partial charge in [-0.15, -0.1) is 0 Å². The first-order chi connectivity index (χ1) is 12.8. The molecule has 1 fully saturated rings. The van der Waals surface area contributed by atoms with E-state index in [1.165, 1.54) is 22.3 Å². The van der Waals surface area contributed by atoms with Crippen LogP contribution in [-0.4, -0.2) is 66.4 Å². The first-order valence-electron chi connectivity index (χ1n) is 8.53. The predicted octanol–water partition coefficient (Wildman–Crippen LogP) is 1.23. The molecule has 1 amide bonds. The summed E-state index contributed by atoms with van der Waals surface area (Å²) in [7, 11) is -1.28. The highest BCUT2D eigenvalue weighted by atomic mass is 32.2. The zero-order valence-corrected chi connectivity index (χ0v) is 17.0. The average Bonchev–Trinajstić information content (AvgIpc) is 3.05. The Labute approximate surface area is 163 Å². The van der Waals surface area contributed by atoms with Gasteiger partial charge in [-0.25, -0.2) is 13.4 Å². The van der Waals surface area contributed by atoms with Gasteiger partial charge in [-0.3, -0.25) is 4.79 Å². The Balaban J connectivity index is 1.62. The van der Waals surface area contributed by atoms with Gasteiger partial charge in [0.2, 0.25) is 15.9 Å². The summed E-state index contributed by atoms with van der Waals surface area (Å²) in [6, 6.07) is 7.59. The van der Waals surface area contributed by atoms with Crippen LogP contribution >= 0.6 is 11.8 Å². The van der Waals surface area contributed by atoms with Crippen molar-refractivity contribution in [1.82, 2.24) is 13.9 Å². The van der Waals surface area contributed by atoms with Crippen LogP contribution in [0.3, 0.4) is 0 Å². The lowest BCUT2D eigenvalue weighted by Crippen LogP contribution is -2.48. The molecule has 146 valence electrons. The lowest BCUT2D eigenvalue weighted by molar-refractivity contribution is -0.113. The molecule has 0 saturated carbocycles. The van der Waals surface area contributed by atoms with Gasteiger partial charge >= 0.3 is 0 Å². The summed E-state index contributed by atoms with van der Waals surface area (Å²) in [6.07, 6.45) is 4.77. The second-order valence-corrected chi connectivity index (χ2v) is 9.25. The highest BCUT2D eigenvalue weighted by Gasteiger charge is 2.24. The van der Waals surface area contributed by atoms with Crippen LogP contribution in [0.15, 0.2) is 41.8 Å². The maximum atomic E-state index is 12.4. The van der Waals surface area contributed by atoms with E-state index in [0.29, 0.717) is 26.2 Å². The number of anilines is 2. The van der Waals surface area contributed by atoms with Crippen LogP contribution in [0.5, 0.6) is 0 Å². The van der Waals surface area contributed by atoms with Crippen molar-refractivity contribution in [2.75, 3.05) is 48.4 Å². The third-order valence-corrected chi connectivity index (χ3v) is 6.70. The lowest BCUT2D eigenvalue weighted by atomic mass is 10.2. The van der Waals surface area contributed by atoms with Crippen LogP contribution in [0.1, 0.15) is 0 Å². The zero-order valence-electron chi connectivity index (χ0n) is 15.3. The largest absolute Gasteiger partial charge is 0.367 e. The standard InChI is InChI=1S/C17H23N5O3S2/c1-20-8-7-18-17(20)26-13-16(23)19-14-5-3-4-6-15(14)21-9-11-22(12-10-21)27(2,24)25/h3-8H,9-13H2,1-2H3,(H,19,23). The number of rotatable bonds is 6. The fraction of sp³-hybridized carbons (Fsp3) is 0.412. The number of thioether (sulfide) groups is 1. The Morgan fingerprint density at radius 3 is 2.56 bits per heavy atom. The maximum absolute atomic E-state index is 12.4. The normalized spacial score (nSPS) is 15.7. The molecule has 1 aliphatic rings. The Kier molecular flexibility index (Phi) is 6.08. The number of carbonyl (C=O) groups is 1. The van der Waals surface area contributed by atoms with E-state index in [9.17, 15) is 13.2 Å². The third-order valence-electron chi connectivity index (χ3n) is 4.34. The minimum absolute atomic E-state index is 0.106. The Bertz CT molecular complexity index is 905. The zero-order chi connectivity index (χ0) is 19.4. The number of amides is 1. The number of aromatic nitrogens is 2. The van der Waals surface area contributed by atoms with Crippen LogP contribution in [0.4, 0.5) is 11.4 Å². The van der Waals surface area contributed by atoms with E-state index in [1.807, 2.05) is 42.1 Å². The van der Waals surface area contributed by atoms with Crippen molar-refractivity contribution in [3.8, 4) is 0 Å². The average molecular weight is 410 g/mol. The molecule has 0 radical (unpaired) electrons. The Morgan fingerprint density at radius 2 is 1.93 bits per heavy atom. The molecule has 0 spiro atoms. The van der Waals surface area contributed by atoms with Gasteiger partial charge in [0.05, 0.1) is 23.4 Å². The third kappa shape index (κ3) is 5.02. The van der Waals surface area contributed by atoms with Gasteiger partial charge in [0.15, 0.2) is 5.16 Å². The van der Waals surface area contributed by atoms with E-state index in [1.54, 1.807) is 6.20 Å². The highest BCUT2D eigenvalue weighted by Crippen LogP contribution is 2.27. The molecule has 2 heterocycles. The van der Waals surface area contributed by atoms with Crippen LogP contribution < -0.4 is 10.2 Å². The van der Waals surface area contributed by atoms with Gasteiger partial charge in [-0.05, 0) is 12.1 Å². The molecule has 1 aliphatic heterocycles. The molecule has 1 N–H and O–H groups in total. The van der Waals surface area contributed by atoms with Crippen molar-refractivity contribution in [2.45, 2.75) is 5.16 Å². The number of imidazole rings is 1. The van der Waals surface area contributed by atoms with Gasteiger partial charge in [0.1, 0.15) is 0 Å². The minimum atomic E-state index is -3.17. The SMILES string of the molecule is Cn1ccnc1SCC(=O)Nc1ccccc1N1CCN(S(C)(=O)=O)CC1. The van der Waals surface area contributed by atoms with E-state index in [2.05, 4.69) is 15.2 Å². The topological polar surface area (TPSA) is 87.5 Å². The highest BCUT2D eigenvalue weighted by molar-refractivity contribution is 7.99. The quantitative estimate of drug-likeness (QED) is 0.722. The first kappa shape index (κ1) is 19.7. The summed E-state index contributed by atoms with van der Waals surface area (Å²) in [5.74, 6) is 0.159. The molecule has 0 unspecified atom stereocenters. The summed E-state index contributed by atoms with van der Waals surface area (Å²) < 4.78 is 26.7. The van der Waals surface area contributed by atoms with Crippen molar-refractivity contribution in [1.29, 1.82) is 0 Å². The van der Waals surface area contributed by atoms with Crippen LogP contribution in [0.2, 0.25) is 0 Å². The van der Waals surface area contributed by atoms with E-state index >= 15 is 0 Å². The summed E-state index contributed by atoms with van der Waals surface area (Å²) in [4.78, 5) is 18.7. The number of para-hydroxylation sites is 2. The molecular weight excluding hydrogens is 386 g/mol. The maximum Gasteiger partial charge on any atom is 0.234 e. The van der Waals surface area contributed by atoms with Crippen molar-refractivity contribution in [3.05, 3.63) is 36.7 Å². The van der Waals surface area contributed by atoms with E-state index in [0.717, 1.165) is 16.5 Å². The molecule has 1 aromatic heterocycles. The molecule has 0 aliphatic carbocycles. The molecular formula is C17H23N5O3S2. The predicted molar refractivity (Wildman–Crippen MR) is 108 cm³/mol. The van der Waals surface area contributed by atoms with Crippen molar-refractivity contribution >= 4 is 39.1 Å². The van der Waals surface area contributed by atoms with Gasteiger partial charge in [0.25, 0.3) is 0 Å². The second-order valence-electron chi connectivity index (χ2n) is 6.32. The number of hydrogen-bond acceptors (Lipinski definition) is 6. The molecule has 27 heavy (non-hydrogen) atoms. The summed E-state index contributed by atoms with van der Waals surface area (Å²) in [5.41, 5.74) is 1.64. The number of hydrogen-bond donors (Lipinski definition) is 1. The number of piperazine rings is 1. The van der Waals surface area contributed by atoms with Crippen LogP contribution in [0, 0.1) is 0 Å². The number of benzene rings is 1. The van der Waals surface area contributed by atoms with E-state index < -0.39 is 10.0 Å². The number of carbonyl (C=O) groups excluding carboxylic acids is 1. The van der Waals surface area contributed by atoms with E-state index in [-0.39, 0.29) is 11.7 Å². The Morgan fingerprint density at radius 1 is 1.22 bits per heavy atom. The monoisotopic (exact) mass is 409 g/mol. The minimum Gasteiger partial charge on any atom is -0.367 e. The fourth-order valence-electron chi connectivity index (χ4n) is 2.92. The van der Waals surface area contributed by atoms with Crippen molar-refractivity contribution < 1.29 is 13.2 Å². The van der Waals surface area contributed by atoms with E-state index in [4.69, 9.17) is 0 Å². The smallest absolute Gasteiger partial charge is 0.234 e. The van der Waals surface area contributed by atoms with Gasteiger partial charge in [-0.2, -0.15) is 4.31 Å². The van der Waals surface area contributed by atoms with Crippen LogP contribution in [0.25, 0.3) is 0 Å². The van der Waals surface area contributed by atoms with Gasteiger partial charge in [-0.1, -0.05) is 23.9 Å². The molecule has 1 saturated heterocycles. The number of sulfonamides is 1.